The molecule has 1 aromatic heterocycles. The van der Waals surface area contributed by atoms with Gasteiger partial charge in [0.2, 0.25) is 0 Å². The Kier molecular flexibility index (Phi) is 4.05. The Morgan fingerprint density at radius 3 is 2.83 bits per heavy atom. The van der Waals surface area contributed by atoms with Crippen LogP contribution >= 0.6 is 0 Å². The van der Waals surface area contributed by atoms with Gasteiger partial charge >= 0.3 is 12.0 Å². The van der Waals surface area contributed by atoms with Gasteiger partial charge in [0.15, 0.2) is 0 Å². The summed E-state index contributed by atoms with van der Waals surface area (Å²) in [6.07, 6.45) is 0. The standard InChI is InChI=1S/C9H15N5O4/c1-12-9(10-8(11-12)14(15)16)18-7-4-13-2-5-17-6-3-13/h2-7H2,1H3. The lowest BCUT2D eigenvalue weighted by atomic mass is 10.4. The molecule has 0 saturated carbocycles. The highest BCUT2D eigenvalue weighted by Gasteiger charge is 2.20. The van der Waals surface area contributed by atoms with Crippen molar-refractivity contribution < 1.29 is 14.4 Å². The normalized spacial score (nSPS) is 16.7. The number of hydrogen-bond acceptors (Lipinski definition) is 7. The van der Waals surface area contributed by atoms with Crippen LogP contribution in [0, 0.1) is 10.1 Å². The second-order valence-electron chi connectivity index (χ2n) is 3.88. The van der Waals surface area contributed by atoms with Crippen molar-refractivity contribution in [2.45, 2.75) is 0 Å². The lowest BCUT2D eigenvalue weighted by Gasteiger charge is -2.25. The van der Waals surface area contributed by atoms with Crippen LogP contribution in [0.15, 0.2) is 0 Å². The summed E-state index contributed by atoms with van der Waals surface area (Å²) in [6, 6.07) is 0.162. The van der Waals surface area contributed by atoms with Crippen molar-refractivity contribution in [2.75, 3.05) is 39.5 Å². The molecule has 0 unspecified atom stereocenters. The molecule has 0 radical (unpaired) electrons. The summed E-state index contributed by atoms with van der Waals surface area (Å²) in [4.78, 5) is 15.7. The van der Waals surface area contributed by atoms with Gasteiger partial charge in [0, 0.05) is 24.7 Å². The van der Waals surface area contributed by atoms with E-state index in [1.807, 2.05) is 0 Å². The van der Waals surface area contributed by atoms with Crippen molar-refractivity contribution in [3.8, 4) is 6.01 Å². The molecular formula is C9H15N5O4. The third-order valence-electron chi connectivity index (χ3n) is 2.62. The molecule has 100 valence electrons. The first-order chi connectivity index (χ1) is 8.66. The van der Waals surface area contributed by atoms with Gasteiger partial charge in [-0.15, -0.1) is 4.68 Å². The number of aromatic nitrogens is 3. The molecule has 2 heterocycles. The average Bonchev–Trinajstić information content (AvgIpc) is 2.73. The summed E-state index contributed by atoms with van der Waals surface area (Å²) in [5.74, 6) is -0.445. The van der Waals surface area contributed by atoms with Gasteiger partial charge in [-0.3, -0.25) is 4.90 Å². The summed E-state index contributed by atoms with van der Waals surface area (Å²) in [5, 5.41) is 14.1. The first-order valence-electron chi connectivity index (χ1n) is 5.65. The van der Waals surface area contributed by atoms with Crippen LogP contribution in [0.2, 0.25) is 0 Å². The fourth-order valence-electron chi connectivity index (χ4n) is 1.65. The Morgan fingerprint density at radius 2 is 2.22 bits per heavy atom. The van der Waals surface area contributed by atoms with E-state index < -0.39 is 10.9 Å². The summed E-state index contributed by atoms with van der Waals surface area (Å²) in [7, 11) is 1.56. The Morgan fingerprint density at radius 1 is 1.50 bits per heavy atom. The summed E-state index contributed by atoms with van der Waals surface area (Å²) < 4.78 is 11.9. The minimum Gasteiger partial charge on any atom is -0.449 e. The third kappa shape index (κ3) is 3.14. The van der Waals surface area contributed by atoms with Gasteiger partial charge in [-0.2, -0.15) is 0 Å². The van der Waals surface area contributed by atoms with Gasteiger partial charge in [-0.25, -0.2) is 0 Å². The van der Waals surface area contributed by atoms with Crippen molar-refractivity contribution in [1.82, 2.24) is 19.7 Å². The van der Waals surface area contributed by atoms with E-state index in [0.29, 0.717) is 6.61 Å². The first kappa shape index (κ1) is 12.7. The average molecular weight is 257 g/mol. The van der Waals surface area contributed by atoms with Gasteiger partial charge in [-0.05, 0) is 9.91 Å². The number of ether oxygens (including phenoxy) is 2. The van der Waals surface area contributed by atoms with Gasteiger partial charge < -0.3 is 19.6 Å². The van der Waals surface area contributed by atoms with Crippen LogP contribution < -0.4 is 4.74 Å². The Hall–Kier alpha value is -1.74. The molecule has 0 bridgehead atoms. The summed E-state index contributed by atoms with van der Waals surface area (Å²) in [5.41, 5.74) is 0. The lowest BCUT2D eigenvalue weighted by molar-refractivity contribution is -0.394. The molecule has 1 aliphatic heterocycles. The van der Waals surface area contributed by atoms with E-state index in [2.05, 4.69) is 15.0 Å². The lowest BCUT2D eigenvalue weighted by Crippen LogP contribution is -2.38. The van der Waals surface area contributed by atoms with E-state index in [4.69, 9.17) is 9.47 Å². The fraction of sp³-hybridized carbons (Fsp3) is 0.778. The highest BCUT2D eigenvalue weighted by atomic mass is 16.6. The second-order valence-corrected chi connectivity index (χ2v) is 3.88. The molecule has 0 N–H and O–H groups in total. The Bertz CT molecular complexity index is 415. The number of nitrogens with zero attached hydrogens (tertiary/aromatic N) is 5. The van der Waals surface area contributed by atoms with E-state index in [1.54, 1.807) is 7.05 Å². The predicted octanol–water partition coefficient (Wildman–Crippen LogP) is -0.566. The van der Waals surface area contributed by atoms with Gasteiger partial charge in [0.1, 0.15) is 6.61 Å². The van der Waals surface area contributed by atoms with Crippen LogP contribution in [0.25, 0.3) is 0 Å². The number of rotatable bonds is 5. The SMILES string of the molecule is Cn1nc([N+](=O)[O-])nc1OCCN1CCOCC1. The maximum atomic E-state index is 10.5. The zero-order chi connectivity index (χ0) is 13.0. The van der Waals surface area contributed by atoms with Crippen molar-refractivity contribution >= 4 is 5.95 Å². The monoisotopic (exact) mass is 257 g/mol. The van der Waals surface area contributed by atoms with Gasteiger partial charge in [0.05, 0.1) is 20.3 Å². The zero-order valence-corrected chi connectivity index (χ0v) is 10.1. The van der Waals surface area contributed by atoms with Crippen LogP contribution in [0.4, 0.5) is 5.95 Å². The Labute approximate surface area is 103 Å². The number of hydrogen-bond donors (Lipinski definition) is 0. The maximum Gasteiger partial charge on any atom is 0.494 e. The van der Waals surface area contributed by atoms with Crippen molar-refractivity contribution in [1.29, 1.82) is 0 Å². The molecule has 1 saturated heterocycles. The number of nitro groups is 1. The topological polar surface area (TPSA) is 95.5 Å². The molecule has 1 fully saturated rings. The van der Waals surface area contributed by atoms with Crippen LogP contribution in [0.5, 0.6) is 6.01 Å². The van der Waals surface area contributed by atoms with Crippen molar-refractivity contribution in [3.63, 3.8) is 0 Å². The molecule has 0 amide bonds. The van der Waals surface area contributed by atoms with E-state index in [0.717, 1.165) is 32.8 Å². The molecule has 9 nitrogen and oxygen atoms in total. The van der Waals surface area contributed by atoms with Crippen LogP contribution in [-0.2, 0) is 11.8 Å². The molecule has 1 aromatic rings. The summed E-state index contributed by atoms with van der Waals surface area (Å²) >= 11 is 0. The smallest absolute Gasteiger partial charge is 0.449 e. The zero-order valence-electron chi connectivity index (χ0n) is 10.1. The second kappa shape index (κ2) is 5.74. The quantitative estimate of drug-likeness (QED) is 0.515. The van der Waals surface area contributed by atoms with E-state index in [9.17, 15) is 10.1 Å². The molecule has 1 aliphatic rings. The van der Waals surface area contributed by atoms with Gasteiger partial charge in [0.25, 0.3) is 0 Å². The molecule has 2 rings (SSSR count). The van der Waals surface area contributed by atoms with Crippen molar-refractivity contribution in [3.05, 3.63) is 10.1 Å². The summed E-state index contributed by atoms with van der Waals surface area (Å²) in [6.45, 7) is 4.38. The molecule has 18 heavy (non-hydrogen) atoms. The van der Waals surface area contributed by atoms with Gasteiger partial charge in [-0.1, -0.05) is 0 Å². The van der Waals surface area contributed by atoms with E-state index in [1.165, 1.54) is 4.68 Å². The molecule has 0 spiro atoms. The highest BCUT2D eigenvalue weighted by Crippen LogP contribution is 2.11. The van der Waals surface area contributed by atoms with E-state index in [-0.39, 0.29) is 6.01 Å². The highest BCUT2D eigenvalue weighted by molar-refractivity contribution is 5.07. The molecular weight excluding hydrogens is 242 g/mol. The third-order valence-corrected chi connectivity index (χ3v) is 2.62. The fourth-order valence-corrected chi connectivity index (χ4v) is 1.65. The van der Waals surface area contributed by atoms with E-state index >= 15 is 0 Å². The Balaban J connectivity index is 1.80. The minimum atomic E-state index is -0.644. The molecule has 9 heteroatoms. The van der Waals surface area contributed by atoms with Crippen LogP contribution in [-0.4, -0.2) is 64.0 Å². The largest absolute Gasteiger partial charge is 0.494 e. The number of morpholine rings is 1. The predicted molar refractivity (Wildman–Crippen MR) is 60.4 cm³/mol. The maximum absolute atomic E-state index is 10.5. The minimum absolute atomic E-state index is 0.162. The molecule has 0 aromatic carbocycles. The molecule has 0 atom stereocenters. The van der Waals surface area contributed by atoms with Crippen LogP contribution in [0.1, 0.15) is 0 Å². The first-order valence-corrected chi connectivity index (χ1v) is 5.65. The molecule has 0 aliphatic carbocycles. The van der Waals surface area contributed by atoms with Crippen LogP contribution in [0.3, 0.4) is 0 Å². The van der Waals surface area contributed by atoms with Crippen molar-refractivity contribution in [2.24, 2.45) is 7.05 Å². The number of aryl methyl sites for hydroxylation is 1.